The van der Waals surface area contributed by atoms with E-state index in [2.05, 4.69) is 5.32 Å². The number of carbonyl (C=O) groups is 4. The Morgan fingerprint density at radius 1 is 0.791 bits per heavy atom. The number of rotatable bonds is 14. The molecule has 11 heteroatoms. The van der Waals surface area contributed by atoms with Crippen molar-refractivity contribution in [2.75, 3.05) is 33.9 Å². The van der Waals surface area contributed by atoms with Gasteiger partial charge in [-0.25, -0.2) is 9.59 Å². The van der Waals surface area contributed by atoms with Gasteiger partial charge in [0.15, 0.2) is 0 Å². The number of Topliss-reactive ketones (excluding diaryl/α,β-unsaturated/α-hetero) is 2. The van der Waals surface area contributed by atoms with Crippen LogP contribution in [0.15, 0.2) is 78.9 Å². The van der Waals surface area contributed by atoms with Crippen LogP contribution >= 0.6 is 0 Å². The van der Waals surface area contributed by atoms with Crippen LogP contribution in [0.25, 0.3) is 0 Å². The maximum atomic E-state index is 14.1. The van der Waals surface area contributed by atoms with E-state index in [-0.39, 0.29) is 17.5 Å². The molecule has 0 bridgehead atoms. The zero-order valence-corrected chi connectivity index (χ0v) is 23.7. The largest absolute Gasteiger partial charge is 0.497 e. The fourth-order valence-electron chi connectivity index (χ4n) is 5.49. The van der Waals surface area contributed by atoms with Gasteiger partial charge in [0.25, 0.3) is 11.2 Å². The van der Waals surface area contributed by atoms with Gasteiger partial charge in [-0.1, -0.05) is 30.3 Å². The van der Waals surface area contributed by atoms with Crippen LogP contribution in [-0.2, 0) is 19.7 Å². The first-order chi connectivity index (χ1) is 20.6. The summed E-state index contributed by atoms with van der Waals surface area (Å²) in [7, 11) is 2.77. The molecule has 3 atom stereocenters. The second-order valence-electron chi connectivity index (χ2n) is 10.3. The lowest BCUT2D eigenvalue weighted by Gasteiger charge is -2.39. The highest BCUT2D eigenvalue weighted by atomic mass is 16.6. The Bertz CT molecular complexity index is 1470. The van der Waals surface area contributed by atoms with Gasteiger partial charge < -0.3 is 34.8 Å². The number of carboxylic acid groups (broad SMARTS) is 2. The fraction of sp³-hybridized carbons (Fsp3) is 0.312. The fourth-order valence-corrected chi connectivity index (χ4v) is 5.49. The number of carboxylic acids is 2. The molecule has 0 radical (unpaired) electrons. The minimum atomic E-state index is -3.88. The van der Waals surface area contributed by atoms with Gasteiger partial charge in [-0.2, -0.15) is 0 Å². The molecule has 1 fully saturated rings. The van der Waals surface area contributed by atoms with Crippen molar-refractivity contribution in [2.45, 2.75) is 29.5 Å². The summed E-state index contributed by atoms with van der Waals surface area (Å²) in [6, 6.07) is 19.5. The predicted octanol–water partition coefficient (Wildman–Crippen LogP) is 2.75. The van der Waals surface area contributed by atoms with Crippen molar-refractivity contribution in [3.05, 3.63) is 95.6 Å². The first kappa shape index (κ1) is 31.4. The molecule has 0 spiro atoms. The van der Waals surface area contributed by atoms with E-state index in [1.165, 1.54) is 50.6 Å². The highest BCUT2D eigenvalue weighted by Crippen LogP contribution is 2.39. The van der Waals surface area contributed by atoms with E-state index in [1.54, 1.807) is 0 Å². The monoisotopic (exact) mass is 591 g/mol. The first-order valence-electron chi connectivity index (χ1n) is 13.5. The van der Waals surface area contributed by atoms with Crippen LogP contribution in [0.5, 0.6) is 11.5 Å². The Kier molecular flexibility index (Phi) is 9.29. The number of hydrogen-bond donors (Lipinski definition) is 4. The van der Waals surface area contributed by atoms with Crippen LogP contribution < -0.4 is 14.8 Å². The second-order valence-corrected chi connectivity index (χ2v) is 10.3. The van der Waals surface area contributed by atoms with Gasteiger partial charge in [0.1, 0.15) is 11.5 Å². The van der Waals surface area contributed by atoms with Gasteiger partial charge in [0, 0.05) is 29.7 Å². The predicted molar refractivity (Wildman–Crippen MR) is 154 cm³/mol. The van der Waals surface area contributed by atoms with Crippen molar-refractivity contribution in [3.63, 3.8) is 0 Å². The van der Waals surface area contributed by atoms with Crippen LogP contribution in [0.4, 0.5) is 0 Å². The average molecular weight is 592 g/mol. The quantitative estimate of drug-likeness (QED) is 0.161. The number of benzene rings is 3. The van der Waals surface area contributed by atoms with Crippen LogP contribution in [0.1, 0.15) is 39.1 Å². The van der Waals surface area contributed by atoms with Crippen molar-refractivity contribution in [3.8, 4) is 11.5 Å². The lowest BCUT2D eigenvalue weighted by molar-refractivity contribution is -0.196. The van der Waals surface area contributed by atoms with Gasteiger partial charge >= 0.3 is 11.9 Å². The van der Waals surface area contributed by atoms with Gasteiger partial charge in [0.05, 0.1) is 14.2 Å². The van der Waals surface area contributed by atoms with Crippen molar-refractivity contribution in [1.82, 2.24) is 5.32 Å². The zero-order chi connectivity index (χ0) is 31.3. The van der Waals surface area contributed by atoms with E-state index in [9.17, 15) is 34.5 Å². The number of methoxy groups -OCH3 is 2. The van der Waals surface area contributed by atoms with Gasteiger partial charge in [-0.15, -0.1) is 0 Å². The number of carbonyl (C=O) groups excluding carboxylic acids is 2. The van der Waals surface area contributed by atoms with Crippen molar-refractivity contribution < 1.29 is 48.7 Å². The Hall–Kier alpha value is -4.58. The second kappa shape index (κ2) is 12.7. The molecule has 0 aromatic heterocycles. The number of ketones is 2. The van der Waals surface area contributed by atoms with Crippen LogP contribution in [0.2, 0.25) is 0 Å². The molecule has 226 valence electrons. The summed E-state index contributed by atoms with van der Waals surface area (Å²) in [4.78, 5) is 53.9. The van der Waals surface area contributed by atoms with Crippen molar-refractivity contribution in [2.24, 2.45) is 0 Å². The number of ether oxygens (including phenoxy) is 3. The normalized spacial score (nSPS) is 19.0. The van der Waals surface area contributed by atoms with Crippen molar-refractivity contribution >= 4 is 23.5 Å². The minimum absolute atomic E-state index is 0.154. The van der Waals surface area contributed by atoms with Crippen LogP contribution in [-0.4, -0.2) is 83.9 Å². The topological polar surface area (TPSA) is 169 Å². The van der Waals surface area contributed by atoms with Crippen LogP contribution in [0, 0.1) is 0 Å². The molecule has 4 N–H and O–H groups in total. The Morgan fingerprint density at radius 2 is 1.33 bits per heavy atom. The van der Waals surface area contributed by atoms with Crippen molar-refractivity contribution in [1.29, 1.82) is 0 Å². The first-order valence-corrected chi connectivity index (χ1v) is 13.5. The van der Waals surface area contributed by atoms with Gasteiger partial charge in [-0.3, -0.25) is 9.59 Å². The highest BCUT2D eigenvalue weighted by Gasteiger charge is 2.71. The third-order valence-electron chi connectivity index (χ3n) is 8.00. The average Bonchev–Trinajstić information content (AvgIpc) is 3.52. The standard InChI is InChI=1S/C32H33NO10/c1-41-24-12-8-21(9-13-24)26(34)31(40,28(36)37)32(29(38)39,27(35)22-10-14-25(42-2)15-11-22)43-19-17-30(16-18-33-20-30)23-6-4-3-5-7-23/h3-15,33,40H,16-20H2,1-2H3,(H,36,37)(H,38,39). The number of aliphatic hydroxyl groups is 1. The van der Waals surface area contributed by atoms with E-state index in [0.29, 0.717) is 31.0 Å². The minimum Gasteiger partial charge on any atom is -0.497 e. The van der Waals surface area contributed by atoms with E-state index in [4.69, 9.17) is 14.2 Å². The molecule has 43 heavy (non-hydrogen) atoms. The maximum Gasteiger partial charge on any atom is 0.348 e. The van der Waals surface area contributed by atoms with Gasteiger partial charge in [-0.05, 0) is 73.5 Å². The summed E-state index contributed by atoms with van der Waals surface area (Å²) in [6.45, 7) is 0.704. The van der Waals surface area contributed by atoms with E-state index in [0.717, 1.165) is 17.7 Å². The smallest absolute Gasteiger partial charge is 0.348 e. The zero-order valence-electron chi connectivity index (χ0n) is 23.7. The molecule has 0 aliphatic carbocycles. The number of aliphatic carboxylic acids is 2. The molecule has 1 aliphatic heterocycles. The third-order valence-corrected chi connectivity index (χ3v) is 8.00. The van der Waals surface area contributed by atoms with E-state index >= 15 is 0 Å². The molecule has 0 saturated carbocycles. The highest BCUT2D eigenvalue weighted by molar-refractivity contribution is 6.28. The molecule has 1 aliphatic rings. The van der Waals surface area contributed by atoms with E-state index in [1.807, 2.05) is 30.3 Å². The summed E-state index contributed by atoms with van der Waals surface area (Å²) in [5, 5.41) is 36.0. The number of hydrogen-bond acceptors (Lipinski definition) is 9. The molecule has 3 aromatic carbocycles. The maximum absolute atomic E-state index is 14.1. The summed E-state index contributed by atoms with van der Waals surface area (Å²) >= 11 is 0. The molecule has 1 saturated heterocycles. The SMILES string of the molecule is COc1ccc(C(=O)C(O)(C(=O)O)C(OCCC2(c3ccccc3)CCNC2)(C(=O)O)C(=O)c2ccc(OC)cc2)cc1. The molecule has 3 aromatic rings. The number of nitrogens with one attached hydrogen (secondary N) is 1. The Labute approximate surface area is 248 Å². The Balaban J connectivity index is 1.83. The third kappa shape index (κ3) is 5.62. The molecular weight excluding hydrogens is 558 g/mol. The summed E-state index contributed by atoms with van der Waals surface area (Å²) in [6.07, 6.45) is 0.808. The lowest BCUT2D eigenvalue weighted by atomic mass is 9.72. The molecule has 3 unspecified atom stereocenters. The molecule has 4 rings (SSSR count). The molecular formula is C32H33NO10. The molecule has 0 amide bonds. The molecule has 11 nitrogen and oxygen atoms in total. The van der Waals surface area contributed by atoms with E-state index < -0.39 is 46.7 Å². The Morgan fingerprint density at radius 3 is 1.77 bits per heavy atom. The lowest BCUT2D eigenvalue weighted by Crippen LogP contribution is -2.72. The van der Waals surface area contributed by atoms with Gasteiger partial charge in [0.2, 0.25) is 11.6 Å². The summed E-state index contributed by atoms with van der Waals surface area (Å²) < 4.78 is 16.0. The summed E-state index contributed by atoms with van der Waals surface area (Å²) in [5.41, 5.74) is -7.73. The summed E-state index contributed by atoms with van der Waals surface area (Å²) in [5.74, 6) is -6.72. The van der Waals surface area contributed by atoms with Crippen LogP contribution in [0.3, 0.4) is 0 Å². The molecule has 1 heterocycles.